The fraction of sp³-hybridized carbons (Fsp3) is 0.259. The van der Waals surface area contributed by atoms with Crippen LogP contribution in [-0.2, 0) is 41.4 Å². The number of fused-ring (bicyclic) bond motifs is 7. The van der Waals surface area contributed by atoms with Crippen LogP contribution >= 0.6 is 0 Å². The molecule has 7 rings (SSSR count). The highest BCUT2D eigenvalue weighted by Gasteiger charge is 2.22. The van der Waals surface area contributed by atoms with Crippen LogP contribution in [0, 0.1) is 0 Å². The number of benzene rings is 6. The van der Waals surface area contributed by atoms with E-state index in [0.717, 1.165) is 80.3 Å². The highest BCUT2D eigenvalue weighted by atomic mass is 16.5. The zero-order chi connectivity index (χ0) is 46.1. The van der Waals surface area contributed by atoms with Crippen LogP contribution < -0.4 is 18.9 Å². The number of hydrogen-bond donors (Lipinski definition) is 0. The topological polar surface area (TPSA) is 142 Å². The summed E-state index contributed by atoms with van der Waals surface area (Å²) in [6.45, 7) is 9.31. The molecule has 0 aromatic heterocycles. The number of hydrogen-bond acceptors (Lipinski definition) is 12. The molecule has 0 saturated heterocycles. The highest BCUT2D eigenvalue weighted by Crippen LogP contribution is 2.46. The molecule has 12 heteroatoms. The Morgan fingerprint density at radius 1 is 0.470 bits per heavy atom. The van der Waals surface area contributed by atoms with Gasteiger partial charge in [-0.3, -0.25) is 0 Å². The van der Waals surface area contributed by atoms with Crippen molar-refractivity contribution in [3.05, 3.63) is 157 Å². The smallest absolute Gasteiger partial charge is 0.338 e. The van der Waals surface area contributed by atoms with Crippen molar-refractivity contribution in [1.82, 2.24) is 0 Å². The third-order valence-electron chi connectivity index (χ3n) is 10.7. The van der Waals surface area contributed by atoms with E-state index in [1.54, 1.807) is 48.5 Å². The van der Waals surface area contributed by atoms with Crippen molar-refractivity contribution >= 4 is 45.4 Å². The Bertz CT molecular complexity index is 2480. The van der Waals surface area contributed by atoms with Crippen LogP contribution in [0.5, 0.6) is 23.0 Å². The predicted molar refractivity (Wildman–Crippen MR) is 251 cm³/mol. The van der Waals surface area contributed by atoms with Crippen LogP contribution in [-0.4, -0.2) is 76.7 Å². The number of esters is 4. The van der Waals surface area contributed by atoms with Crippen molar-refractivity contribution < 1.29 is 57.1 Å². The Kier molecular flexibility index (Phi) is 16.4. The van der Waals surface area contributed by atoms with Gasteiger partial charge in [-0.05, 0) is 119 Å². The Morgan fingerprint density at radius 3 is 1.29 bits per heavy atom. The van der Waals surface area contributed by atoms with Gasteiger partial charge in [-0.25, -0.2) is 19.2 Å². The zero-order valence-electron chi connectivity index (χ0n) is 36.8. The van der Waals surface area contributed by atoms with Crippen LogP contribution in [0.2, 0.25) is 0 Å². The number of aryl methyl sites for hydroxylation is 2. The first kappa shape index (κ1) is 46.4. The second-order valence-corrected chi connectivity index (χ2v) is 15.4. The Morgan fingerprint density at radius 2 is 0.879 bits per heavy atom. The Balaban J connectivity index is 0.923. The number of carbonyl (C=O) groups is 4. The van der Waals surface area contributed by atoms with E-state index in [9.17, 15) is 19.2 Å². The maximum atomic E-state index is 12.7. The maximum absolute atomic E-state index is 12.7. The number of rotatable bonds is 22. The molecule has 0 spiro atoms. The van der Waals surface area contributed by atoms with E-state index in [1.165, 1.54) is 0 Å². The lowest BCUT2D eigenvalue weighted by molar-refractivity contribution is -0.138. The van der Waals surface area contributed by atoms with Crippen LogP contribution in [0.25, 0.3) is 32.7 Å². The van der Waals surface area contributed by atoms with E-state index < -0.39 is 23.9 Å². The van der Waals surface area contributed by atoms with Crippen molar-refractivity contribution in [3.8, 4) is 34.1 Å². The minimum absolute atomic E-state index is 0.237. The normalized spacial score (nSPS) is 11.6. The monoisotopic (exact) mass is 892 g/mol. The largest absolute Gasteiger partial charge is 0.493 e. The van der Waals surface area contributed by atoms with Gasteiger partial charge in [0, 0.05) is 36.1 Å². The summed E-state index contributed by atoms with van der Waals surface area (Å²) in [4.78, 5) is 47.8. The van der Waals surface area contributed by atoms with E-state index >= 15 is 0 Å². The van der Waals surface area contributed by atoms with Gasteiger partial charge in [-0.15, -0.1) is 0 Å². The van der Waals surface area contributed by atoms with Crippen LogP contribution in [0.3, 0.4) is 0 Å². The Hall–Kier alpha value is -7.60. The van der Waals surface area contributed by atoms with Crippen LogP contribution in [0.4, 0.5) is 0 Å². The molecule has 1 aliphatic heterocycles. The summed E-state index contributed by atoms with van der Waals surface area (Å²) in [6.07, 6.45) is 6.05. The molecule has 12 nitrogen and oxygen atoms in total. The van der Waals surface area contributed by atoms with E-state index in [1.807, 2.05) is 12.1 Å². The molecule has 0 saturated carbocycles. The van der Waals surface area contributed by atoms with Crippen LogP contribution in [0.15, 0.2) is 135 Å². The first-order valence-corrected chi connectivity index (χ1v) is 22.1. The standard InChI is InChI=1S/C54H52O12/c1-3-49(55)63-31-7-29-59-43-19-13-39(14-20-43)53(57)65-27-5-9-37-11-23-45-41(35-37)17-25-47-51(45)52-46-24-12-38(36-42(46)18-26-48(52)62-34-33-61-47)10-6-28-66-54(58)40-15-21-44(22-16-40)60-30-8-32-64-50(56)4-2/h3-4,11-26,35-36H,1-2,5-10,27-34H2. The average molecular weight is 893 g/mol. The molecule has 66 heavy (non-hydrogen) atoms. The molecule has 0 N–H and O–H groups in total. The second kappa shape index (κ2) is 23.4. The summed E-state index contributed by atoms with van der Waals surface area (Å²) in [5, 5.41) is 4.21. The van der Waals surface area contributed by atoms with E-state index in [4.69, 9.17) is 37.9 Å². The SMILES string of the molecule is C=CC(=O)OCCCOc1ccc(C(=O)OCCCc2ccc3c4c(ccc3c2)OCCOc2ccc3cc(CCCOC(=O)c5ccc(OCCCOC(=O)C=C)cc5)ccc3c2-4)cc1. The molecular weight excluding hydrogens is 841 g/mol. The van der Waals surface area contributed by atoms with Gasteiger partial charge >= 0.3 is 23.9 Å². The number of carbonyl (C=O) groups excluding carboxylic acids is 4. The minimum Gasteiger partial charge on any atom is -0.493 e. The molecule has 6 aromatic carbocycles. The quantitative estimate of drug-likeness (QED) is 0.0277. The molecule has 6 aromatic rings. The molecule has 0 radical (unpaired) electrons. The third-order valence-corrected chi connectivity index (χ3v) is 10.7. The summed E-state index contributed by atoms with van der Waals surface area (Å²) in [5.74, 6) is 1.06. The van der Waals surface area contributed by atoms with Crippen molar-refractivity contribution in [3.63, 3.8) is 0 Å². The second-order valence-electron chi connectivity index (χ2n) is 15.4. The lowest BCUT2D eigenvalue weighted by Crippen LogP contribution is -2.13. The molecular formula is C54H52O12. The predicted octanol–water partition coefficient (Wildman–Crippen LogP) is 10.0. The lowest BCUT2D eigenvalue weighted by atomic mass is 9.90. The summed E-state index contributed by atoms with van der Waals surface area (Å²) in [7, 11) is 0. The summed E-state index contributed by atoms with van der Waals surface area (Å²) >= 11 is 0. The molecule has 0 atom stereocenters. The van der Waals surface area contributed by atoms with E-state index in [-0.39, 0.29) is 26.4 Å². The van der Waals surface area contributed by atoms with Crippen molar-refractivity contribution in [2.24, 2.45) is 0 Å². The first-order valence-electron chi connectivity index (χ1n) is 22.1. The van der Waals surface area contributed by atoms with Crippen molar-refractivity contribution in [1.29, 1.82) is 0 Å². The molecule has 340 valence electrons. The minimum atomic E-state index is -0.467. The van der Waals surface area contributed by atoms with Crippen LogP contribution in [0.1, 0.15) is 57.5 Å². The highest BCUT2D eigenvalue weighted by molar-refractivity contribution is 6.10. The van der Waals surface area contributed by atoms with Gasteiger partial charge in [-0.1, -0.05) is 61.7 Å². The van der Waals surface area contributed by atoms with Gasteiger partial charge in [0.05, 0.1) is 50.8 Å². The molecule has 0 bridgehead atoms. The first-order chi connectivity index (χ1) is 32.3. The summed E-state index contributed by atoms with van der Waals surface area (Å²) < 4.78 is 44.9. The van der Waals surface area contributed by atoms with Gasteiger partial charge in [-0.2, -0.15) is 0 Å². The molecule has 0 amide bonds. The van der Waals surface area contributed by atoms with Gasteiger partial charge in [0.15, 0.2) is 0 Å². The average Bonchev–Trinajstić information content (AvgIpc) is 3.34. The van der Waals surface area contributed by atoms with E-state index in [2.05, 4.69) is 61.7 Å². The molecule has 1 aliphatic rings. The van der Waals surface area contributed by atoms with Crippen molar-refractivity contribution in [2.75, 3.05) is 52.9 Å². The van der Waals surface area contributed by atoms with Gasteiger partial charge in [0.25, 0.3) is 0 Å². The maximum Gasteiger partial charge on any atom is 0.338 e. The fourth-order valence-electron chi connectivity index (χ4n) is 7.47. The fourth-order valence-corrected chi connectivity index (χ4v) is 7.47. The summed E-state index contributed by atoms with van der Waals surface area (Å²) in [6, 6.07) is 34.6. The van der Waals surface area contributed by atoms with E-state index in [0.29, 0.717) is 74.7 Å². The molecule has 0 unspecified atom stereocenters. The van der Waals surface area contributed by atoms with Gasteiger partial charge < -0.3 is 37.9 Å². The van der Waals surface area contributed by atoms with Gasteiger partial charge in [0.1, 0.15) is 36.2 Å². The molecule has 1 heterocycles. The van der Waals surface area contributed by atoms with Crippen molar-refractivity contribution in [2.45, 2.75) is 38.5 Å². The number of ether oxygens (including phenoxy) is 8. The molecule has 0 aliphatic carbocycles. The Labute approximate surface area is 383 Å². The lowest BCUT2D eigenvalue weighted by Gasteiger charge is -2.23. The third kappa shape index (κ3) is 12.6. The molecule has 0 fully saturated rings. The zero-order valence-corrected chi connectivity index (χ0v) is 36.8. The summed E-state index contributed by atoms with van der Waals surface area (Å²) in [5.41, 5.74) is 5.07. The van der Waals surface area contributed by atoms with Gasteiger partial charge in [0.2, 0.25) is 0 Å².